The minimum absolute atomic E-state index is 0.219. The number of nitrogens with zero attached hydrogens (tertiary/aromatic N) is 1. The lowest BCUT2D eigenvalue weighted by atomic mass is 9.90. The Hall–Kier alpha value is -1.10. The molecule has 0 radical (unpaired) electrons. The van der Waals surface area contributed by atoms with Crippen LogP contribution in [0, 0.1) is 0 Å². The third-order valence-corrected chi connectivity index (χ3v) is 3.61. The summed E-state index contributed by atoms with van der Waals surface area (Å²) < 4.78 is 5.07. The number of carbonyl (C=O) groups is 1. The van der Waals surface area contributed by atoms with Gasteiger partial charge in [0.15, 0.2) is 5.13 Å². The van der Waals surface area contributed by atoms with Crippen LogP contribution in [0.2, 0.25) is 0 Å². The van der Waals surface area contributed by atoms with Crippen molar-refractivity contribution in [2.24, 2.45) is 0 Å². The topological polar surface area (TPSA) is 51.2 Å². The summed E-state index contributed by atoms with van der Waals surface area (Å²) in [5, 5.41) is 6.17. The van der Waals surface area contributed by atoms with Crippen LogP contribution in [0.25, 0.3) is 0 Å². The molecule has 0 aliphatic heterocycles. The predicted octanol–water partition coefficient (Wildman–Crippen LogP) is 2.56. The van der Waals surface area contributed by atoms with Crippen LogP contribution in [-0.2, 0) is 14.9 Å². The number of rotatable bonds is 5. The van der Waals surface area contributed by atoms with Crippen LogP contribution in [0.5, 0.6) is 0 Å². The fourth-order valence-electron chi connectivity index (χ4n) is 1.45. The van der Waals surface area contributed by atoms with Crippen molar-refractivity contribution in [3.8, 4) is 0 Å². The maximum Gasteiger partial charge on any atom is 0.317 e. The lowest BCUT2D eigenvalue weighted by molar-refractivity contribution is -0.148. The van der Waals surface area contributed by atoms with E-state index in [0.717, 1.165) is 10.8 Å². The molecule has 5 heteroatoms. The smallest absolute Gasteiger partial charge is 0.317 e. The molecular weight excluding hydrogens is 236 g/mol. The standard InChI is InChI=1S/C12H18N2O2S/c1-4-16-10(15)12(2,3)9-7-17-11(14-9)13-8-5-6-8/h7-8H,4-6H2,1-3H3,(H,13,14). The number of aromatic nitrogens is 1. The second-order valence-electron chi connectivity index (χ2n) is 4.80. The van der Waals surface area contributed by atoms with Crippen LogP contribution in [-0.4, -0.2) is 23.6 Å². The van der Waals surface area contributed by atoms with Gasteiger partial charge in [0.2, 0.25) is 0 Å². The molecular formula is C12H18N2O2S. The third-order valence-electron chi connectivity index (χ3n) is 2.84. The summed E-state index contributed by atoms with van der Waals surface area (Å²) in [6.07, 6.45) is 2.44. The van der Waals surface area contributed by atoms with Crippen LogP contribution in [0.4, 0.5) is 5.13 Å². The zero-order valence-corrected chi connectivity index (χ0v) is 11.3. The van der Waals surface area contributed by atoms with E-state index < -0.39 is 5.41 Å². The summed E-state index contributed by atoms with van der Waals surface area (Å²) in [6.45, 7) is 5.91. The fraction of sp³-hybridized carbons (Fsp3) is 0.667. The first-order valence-electron chi connectivity index (χ1n) is 5.93. The minimum atomic E-state index is -0.671. The van der Waals surface area contributed by atoms with Crippen molar-refractivity contribution in [3.05, 3.63) is 11.1 Å². The van der Waals surface area contributed by atoms with Crippen LogP contribution in [0.3, 0.4) is 0 Å². The second-order valence-corrected chi connectivity index (χ2v) is 5.66. The van der Waals surface area contributed by atoms with E-state index in [9.17, 15) is 4.79 Å². The van der Waals surface area contributed by atoms with Gasteiger partial charge in [0.25, 0.3) is 0 Å². The molecule has 2 rings (SSSR count). The zero-order valence-electron chi connectivity index (χ0n) is 10.4. The molecule has 1 saturated carbocycles. The number of esters is 1. The molecule has 0 saturated heterocycles. The number of hydrogen-bond acceptors (Lipinski definition) is 5. The van der Waals surface area contributed by atoms with Crippen molar-refractivity contribution in [2.75, 3.05) is 11.9 Å². The lowest BCUT2D eigenvalue weighted by Gasteiger charge is -2.19. The Morgan fingerprint density at radius 2 is 2.35 bits per heavy atom. The highest BCUT2D eigenvalue weighted by Gasteiger charge is 2.34. The molecule has 0 aromatic carbocycles. The van der Waals surface area contributed by atoms with E-state index in [4.69, 9.17) is 4.74 Å². The predicted molar refractivity (Wildman–Crippen MR) is 68.4 cm³/mol. The largest absolute Gasteiger partial charge is 0.465 e. The average Bonchev–Trinajstić information content (AvgIpc) is 2.94. The molecule has 0 bridgehead atoms. The zero-order chi connectivity index (χ0) is 12.5. The van der Waals surface area contributed by atoms with Crippen molar-refractivity contribution < 1.29 is 9.53 Å². The van der Waals surface area contributed by atoms with E-state index in [1.54, 1.807) is 11.3 Å². The monoisotopic (exact) mass is 254 g/mol. The highest BCUT2D eigenvalue weighted by molar-refractivity contribution is 7.13. The fourth-order valence-corrected chi connectivity index (χ4v) is 2.40. The van der Waals surface area contributed by atoms with Gasteiger partial charge in [-0.3, -0.25) is 4.79 Å². The van der Waals surface area contributed by atoms with Crippen LogP contribution in [0.1, 0.15) is 39.3 Å². The SMILES string of the molecule is CCOC(=O)C(C)(C)c1csc(NC2CC2)n1. The highest BCUT2D eigenvalue weighted by Crippen LogP contribution is 2.31. The van der Waals surface area contributed by atoms with Gasteiger partial charge in [-0.25, -0.2) is 4.98 Å². The summed E-state index contributed by atoms with van der Waals surface area (Å²) in [7, 11) is 0. The van der Waals surface area contributed by atoms with Crippen LogP contribution < -0.4 is 5.32 Å². The Labute approximate surface area is 105 Å². The van der Waals surface area contributed by atoms with E-state index >= 15 is 0 Å². The van der Waals surface area contributed by atoms with Crippen molar-refractivity contribution in [2.45, 2.75) is 45.1 Å². The number of ether oxygens (including phenoxy) is 1. The van der Waals surface area contributed by atoms with Crippen LogP contribution >= 0.6 is 11.3 Å². The Balaban J connectivity index is 2.08. The van der Waals surface area contributed by atoms with Gasteiger partial charge in [-0.15, -0.1) is 11.3 Å². The van der Waals surface area contributed by atoms with Crippen LogP contribution in [0.15, 0.2) is 5.38 Å². The molecule has 1 aromatic heterocycles. The summed E-state index contributed by atoms with van der Waals surface area (Å²) in [5.74, 6) is -0.219. The molecule has 1 aromatic rings. The molecule has 1 fully saturated rings. The van der Waals surface area contributed by atoms with E-state index in [1.165, 1.54) is 12.8 Å². The van der Waals surface area contributed by atoms with Crippen molar-refractivity contribution >= 4 is 22.4 Å². The molecule has 0 amide bonds. The van der Waals surface area contributed by atoms with Gasteiger partial charge in [-0.1, -0.05) is 0 Å². The first-order chi connectivity index (χ1) is 8.04. The van der Waals surface area contributed by atoms with Gasteiger partial charge in [-0.05, 0) is 33.6 Å². The van der Waals surface area contributed by atoms with Gasteiger partial charge in [-0.2, -0.15) is 0 Å². The Morgan fingerprint density at radius 1 is 1.65 bits per heavy atom. The average molecular weight is 254 g/mol. The number of nitrogens with one attached hydrogen (secondary N) is 1. The molecule has 0 unspecified atom stereocenters. The minimum Gasteiger partial charge on any atom is -0.465 e. The van der Waals surface area contributed by atoms with Crippen molar-refractivity contribution in [1.29, 1.82) is 0 Å². The second kappa shape index (κ2) is 4.64. The molecule has 1 aliphatic carbocycles. The highest BCUT2D eigenvalue weighted by atomic mass is 32.1. The van der Waals surface area contributed by atoms with E-state index in [1.807, 2.05) is 26.2 Å². The first kappa shape index (κ1) is 12.4. The Kier molecular flexibility index (Phi) is 3.38. The van der Waals surface area contributed by atoms with Crippen molar-refractivity contribution in [1.82, 2.24) is 4.98 Å². The molecule has 1 heterocycles. The van der Waals surface area contributed by atoms with Gasteiger partial charge in [0, 0.05) is 11.4 Å². The van der Waals surface area contributed by atoms with E-state index in [-0.39, 0.29) is 5.97 Å². The van der Waals surface area contributed by atoms with Gasteiger partial charge in [0.1, 0.15) is 5.41 Å². The Morgan fingerprint density at radius 3 is 2.94 bits per heavy atom. The summed E-state index contributed by atoms with van der Waals surface area (Å²) >= 11 is 1.55. The molecule has 1 N–H and O–H groups in total. The van der Waals surface area contributed by atoms with E-state index in [0.29, 0.717) is 12.6 Å². The number of hydrogen-bond donors (Lipinski definition) is 1. The summed E-state index contributed by atoms with van der Waals surface area (Å²) in [4.78, 5) is 16.3. The quantitative estimate of drug-likeness (QED) is 0.820. The third kappa shape index (κ3) is 2.77. The summed E-state index contributed by atoms with van der Waals surface area (Å²) in [6, 6.07) is 0.583. The van der Waals surface area contributed by atoms with Crippen molar-refractivity contribution in [3.63, 3.8) is 0 Å². The van der Waals surface area contributed by atoms with Gasteiger partial charge in [0.05, 0.1) is 12.3 Å². The van der Waals surface area contributed by atoms with Gasteiger partial charge < -0.3 is 10.1 Å². The normalized spacial score (nSPS) is 15.7. The molecule has 0 spiro atoms. The number of anilines is 1. The molecule has 4 nitrogen and oxygen atoms in total. The maximum absolute atomic E-state index is 11.8. The number of thiazole rings is 1. The molecule has 17 heavy (non-hydrogen) atoms. The molecule has 0 atom stereocenters. The summed E-state index contributed by atoms with van der Waals surface area (Å²) in [5.41, 5.74) is 0.111. The first-order valence-corrected chi connectivity index (χ1v) is 6.81. The molecule has 94 valence electrons. The Bertz CT molecular complexity index is 410. The van der Waals surface area contributed by atoms with E-state index in [2.05, 4.69) is 10.3 Å². The molecule has 1 aliphatic rings. The van der Waals surface area contributed by atoms with Gasteiger partial charge >= 0.3 is 5.97 Å². The lowest BCUT2D eigenvalue weighted by Crippen LogP contribution is -2.31. The maximum atomic E-state index is 11.8. The number of carbonyl (C=O) groups excluding carboxylic acids is 1.